The molecule has 1 aromatic heterocycles. The van der Waals surface area contributed by atoms with Gasteiger partial charge in [-0.25, -0.2) is 8.42 Å². The number of anilines is 2. The van der Waals surface area contributed by atoms with E-state index in [9.17, 15) is 13.2 Å². The summed E-state index contributed by atoms with van der Waals surface area (Å²) in [5.41, 5.74) is 3.09. The van der Waals surface area contributed by atoms with Gasteiger partial charge in [0.15, 0.2) is 21.3 Å². The van der Waals surface area contributed by atoms with E-state index in [1.54, 1.807) is 19.2 Å². The second kappa shape index (κ2) is 7.64. The van der Waals surface area contributed by atoms with Crippen LogP contribution in [0.15, 0.2) is 30.3 Å². The molecule has 7 nitrogen and oxygen atoms in total. The molecule has 8 heteroatoms. The van der Waals surface area contributed by atoms with E-state index in [-0.39, 0.29) is 29.1 Å². The van der Waals surface area contributed by atoms with Crippen LogP contribution in [0.25, 0.3) is 0 Å². The third kappa shape index (κ3) is 4.27. The summed E-state index contributed by atoms with van der Waals surface area (Å²) in [7, 11) is -1.17. The number of para-hydroxylation sites is 1. The van der Waals surface area contributed by atoms with Crippen molar-refractivity contribution in [1.82, 2.24) is 10.2 Å². The molecule has 3 rings (SSSR count). The van der Waals surface area contributed by atoms with Crippen molar-refractivity contribution in [3.8, 4) is 0 Å². The Morgan fingerprint density at radius 1 is 1.26 bits per heavy atom. The number of sulfone groups is 1. The lowest BCUT2D eigenvalue weighted by Gasteiger charge is -2.23. The van der Waals surface area contributed by atoms with Gasteiger partial charge in [0.2, 0.25) is 0 Å². The van der Waals surface area contributed by atoms with E-state index in [0.29, 0.717) is 12.2 Å². The van der Waals surface area contributed by atoms with Crippen molar-refractivity contribution in [3.63, 3.8) is 0 Å². The lowest BCUT2D eigenvalue weighted by atomic mass is 10.1. The van der Waals surface area contributed by atoms with Gasteiger partial charge in [-0.1, -0.05) is 25.1 Å². The molecule has 0 spiro atoms. The molecule has 1 atom stereocenters. The summed E-state index contributed by atoms with van der Waals surface area (Å²) in [5.74, 6) is 0.565. The van der Waals surface area contributed by atoms with E-state index in [4.69, 9.17) is 0 Å². The minimum absolute atomic E-state index is 0.108. The molecule has 2 heterocycles. The first-order chi connectivity index (χ1) is 12.8. The molecule has 0 saturated carbocycles. The summed E-state index contributed by atoms with van der Waals surface area (Å²) >= 11 is 0. The highest BCUT2D eigenvalue weighted by molar-refractivity contribution is 7.91. The molecule has 1 fully saturated rings. The quantitative estimate of drug-likeness (QED) is 0.844. The molecule has 1 amide bonds. The molecule has 0 bridgehead atoms. The van der Waals surface area contributed by atoms with Gasteiger partial charge in [-0.05, 0) is 43.0 Å². The number of nitrogens with zero attached hydrogens (tertiary/aromatic N) is 3. The molecule has 0 aliphatic carbocycles. The maximum Gasteiger partial charge on any atom is 0.276 e. The first-order valence-corrected chi connectivity index (χ1v) is 10.8. The number of rotatable bonds is 5. The number of carbonyl (C=O) groups is 1. The first kappa shape index (κ1) is 19.3. The van der Waals surface area contributed by atoms with Crippen LogP contribution in [-0.4, -0.2) is 49.1 Å². The smallest absolute Gasteiger partial charge is 0.276 e. The van der Waals surface area contributed by atoms with Crippen LogP contribution >= 0.6 is 0 Å². The maximum absolute atomic E-state index is 12.6. The van der Waals surface area contributed by atoms with Crippen molar-refractivity contribution < 1.29 is 13.2 Å². The SMILES string of the molecule is CCc1cccc(C)c1NC(=O)c1ccc(N(C)C2CCS(=O)(=O)C2)nn1. The van der Waals surface area contributed by atoms with Crippen molar-refractivity contribution in [3.05, 3.63) is 47.2 Å². The number of hydrogen-bond donors (Lipinski definition) is 1. The number of nitrogens with one attached hydrogen (secondary N) is 1. The zero-order valence-corrected chi connectivity index (χ0v) is 16.6. The fraction of sp³-hybridized carbons (Fsp3) is 0.421. The standard InChI is InChI=1S/C19H24N4O3S/c1-4-14-7-5-6-13(2)18(14)20-19(24)16-8-9-17(22-21-16)23(3)15-10-11-27(25,26)12-15/h5-9,15H,4,10-12H2,1-3H3,(H,20,24). The van der Waals surface area contributed by atoms with Gasteiger partial charge in [-0.3, -0.25) is 4.79 Å². The minimum atomic E-state index is -2.97. The van der Waals surface area contributed by atoms with Crippen LogP contribution in [0.3, 0.4) is 0 Å². The van der Waals surface area contributed by atoms with Crippen LogP contribution in [0.1, 0.15) is 35.0 Å². The van der Waals surface area contributed by atoms with Crippen molar-refractivity contribution in [1.29, 1.82) is 0 Å². The van der Waals surface area contributed by atoms with Crippen molar-refractivity contribution >= 4 is 27.2 Å². The molecule has 2 aromatic rings. The molecular formula is C19H24N4O3S. The number of aromatic nitrogens is 2. The third-order valence-electron chi connectivity index (χ3n) is 4.98. The van der Waals surface area contributed by atoms with E-state index < -0.39 is 9.84 Å². The predicted molar refractivity (Wildman–Crippen MR) is 106 cm³/mol. The fourth-order valence-electron chi connectivity index (χ4n) is 3.28. The highest BCUT2D eigenvalue weighted by atomic mass is 32.2. The van der Waals surface area contributed by atoms with Crippen LogP contribution in [0, 0.1) is 6.92 Å². The van der Waals surface area contributed by atoms with Gasteiger partial charge in [0.25, 0.3) is 5.91 Å². The molecule has 1 aliphatic heterocycles. The molecule has 1 aliphatic rings. The minimum Gasteiger partial charge on any atom is -0.354 e. The first-order valence-electron chi connectivity index (χ1n) is 8.97. The number of aryl methyl sites for hydroxylation is 2. The Morgan fingerprint density at radius 2 is 2.04 bits per heavy atom. The summed E-state index contributed by atoms with van der Waals surface area (Å²) in [4.78, 5) is 14.4. The van der Waals surface area contributed by atoms with Crippen molar-refractivity contribution in [2.75, 3.05) is 28.8 Å². The second-order valence-corrected chi connectivity index (χ2v) is 9.09. The zero-order valence-electron chi connectivity index (χ0n) is 15.8. The van der Waals surface area contributed by atoms with Crippen LogP contribution < -0.4 is 10.2 Å². The number of carbonyl (C=O) groups excluding carboxylic acids is 1. The van der Waals surface area contributed by atoms with Crippen LogP contribution in [0.5, 0.6) is 0 Å². The number of benzene rings is 1. The maximum atomic E-state index is 12.6. The highest BCUT2D eigenvalue weighted by Gasteiger charge is 2.31. The van der Waals surface area contributed by atoms with Crippen LogP contribution in [-0.2, 0) is 16.3 Å². The van der Waals surface area contributed by atoms with Gasteiger partial charge in [0, 0.05) is 18.8 Å². The van der Waals surface area contributed by atoms with E-state index in [1.807, 2.05) is 36.9 Å². The average molecular weight is 388 g/mol. The summed E-state index contributed by atoms with van der Waals surface area (Å²) in [6.45, 7) is 3.99. The summed E-state index contributed by atoms with van der Waals surface area (Å²) in [6.07, 6.45) is 1.40. The van der Waals surface area contributed by atoms with Gasteiger partial charge in [0.1, 0.15) is 0 Å². The Morgan fingerprint density at radius 3 is 2.63 bits per heavy atom. The Kier molecular flexibility index (Phi) is 5.46. The van der Waals surface area contributed by atoms with Gasteiger partial charge in [0.05, 0.1) is 11.5 Å². The molecule has 1 aromatic carbocycles. The molecule has 27 heavy (non-hydrogen) atoms. The van der Waals surface area contributed by atoms with E-state index in [2.05, 4.69) is 15.5 Å². The Hall–Kier alpha value is -2.48. The zero-order chi connectivity index (χ0) is 19.6. The Balaban J connectivity index is 1.73. The van der Waals surface area contributed by atoms with Crippen molar-refractivity contribution in [2.45, 2.75) is 32.7 Å². The molecular weight excluding hydrogens is 364 g/mol. The third-order valence-corrected chi connectivity index (χ3v) is 6.73. The van der Waals surface area contributed by atoms with Gasteiger partial charge in [-0.15, -0.1) is 10.2 Å². The predicted octanol–water partition coefficient (Wildman–Crippen LogP) is 2.22. The Labute approximate surface area is 159 Å². The number of amides is 1. The van der Waals surface area contributed by atoms with E-state index in [0.717, 1.165) is 23.2 Å². The Bertz CT molecular complexity index is 942. The summed E-state index contributed by atoms with van der Waals surface area (Å²) in [5, 5.41) is 11.1. The van der Waals surface area contributed by atoms with Crippen LogP contribution in [0.2, 0.25) is 0 Å². The topological polar surface area (TPSA) is 92.3 Å². The van der Waals surface area contributed by atoms with Gasteiger partial charge in [-0.2, -0.15) is 0 Å². The van der Waals surface area contributed by atoms with E-state index in [1.165, 1.54) is 0 Å². The van der Waals surface area contributed by atoms with Gasteiger partial charge >= 0.3 is 0 Å². The fourth-order valence-corrected chi connectivity index (χ4v) is 5.06. The molecule has 1 saturated heterocycles. The largest absolute Gasteiger partial charge is 0.354 e. The highest BCUT2D eigenvalue weighted by Crippen LogP contribution is 2.23. The number of hydrogen-bond acceptors (Lipinski definition) is 6. The van der Waals surface area contributed by atoms with Crippen molar-refractivity contribution in [2.24, 2.45) is 0 Å². The average Bonchev–Trinajstić information content (AvgIpc) is 3.02. The summed E-state index contributed by atoms with van der Waals surface area (Å²) in [6, 6.07) is 9.11. The molecule has 1 unspecified atom stereocenters. The lowest BCUT2D eigenvalue weighted by Crippen LogP contribution is -2.33. The van der Waals surface area contributed by atoms with E-state index >= 15 is 0 Å². The normalized spacial score (nSPS) is 18.3. The molecule has 144 valence electrons. The summed E-state index contributed by atoms with van der Waals surface area (Å²) < 4.78 is 23.3. The molecule has 1 N–H and O–H groups in total. The molecule has 0 radical (unpaired) electrons. The second-order valence-electron chi connectivity index (χ2n) is 6.86. The van der Waals surface area contributed by atoms with Crippen LogP contribution in [0.4, 0.5) is 11.5 Å². The lowest BCUT2D eigenvalue weighted by molar-refractivity contribution is 0.102. The van der Waals surface area contributed by atoms with Gasteiger partial charge < -0.3 is 10.2 Å². The monoisotopic (exact) mass is 388 g/mol.